The highest BCUT2D eigenvalue weighted by molar-refractivity contribution is 5.76. The van der Waals surface area contributed by atoms with Crippen LogP contribution in [0.25, 0.3) is 0 Å². The third-order valence-corrected chi connectivity index (χ3v) is 6.10. The number of hydrogen-bond donors (Lipinski definition) is 1. The molecule has 0 aromatic rings. The van der Waals surface area contributed by atoms with Crippen LogP contribution < -0.4 is 0 Å². The van der Waals surface area contributed by atoms with Crippen molar-refractivity contribution in [1.82, 2.24) is 4.90 Å². The van der Waals surface area contributed by atoms with E-state index in [-0.39, 0.29) is 17.6 Å². The molecule has 2 saturated carbocycles. The molecule has 0 aromatic carbocycles. The summed E-state index contributed by atoms with van der Waals surface area (Å²) in [4.78, 5) is 14.4. The lowest BCUT2D eigenvalue weighted by Crippen LogP contribution is -2.62. The molecule has 0 bridgehead atoms. The maximum Gasteiger partial charge on any atom is 0.222 e. The molecule has 120 valence electrons. The number of rotatable bonds is 4. The summed E-state index contributed by atoms with van der Waals surface area (Å²) in [6.45, 7) is 4.32. The van der Waals surface area contributed by atoms with Crippen molar-refractivity contribution < 1.29 is 14.6 Å². The van der Waals surface area contributed by atoms with Crippen LogP contribution in [0.15, 0.2) is 0 Å². The molecular weight excluding hydrogens is 266 g/mol. The number of carbonyl (C=O) groups is 1. The Morgan fingerprint density at radius 3 is 2.52 bits per heavy atom. The molecule has 0 unspecified atom stereocenters. The Morgan fingerprint density at radius 1 is 1.29 bits per heavy atom. The molecule has 1 heterocycles. The Hall–Kier alpha value is -0.610. The zero-order valence-corrected chi connectivity index (χ0v) is 13.2. The van der Waals surface area contributed by atoms with E-state index in [4.69, 9.17) is 4.74 Å². The minimum Gasteiger partial charge on any atom is -0.392 e. The van der Waals surface area contributed by atoms with Crippen LogP contribution in [0.1, 0.15) is 58.3 Å². The number of piperidine rings is 1. The van der Waals surface area contributed by atoms with Crippen molar-refractivity contribution in [2.24, 2.45) is 11.3 Å². The Kier molecular flexibility index (Phi) is 4.55. The van der Waals surface area contributed by atoms with Crippen molar-refractivity contribution in [1.29, 1.82) is 0 Å². The largest absolute Gasteiger partial charge is 0.392 e. The fourth-order valence-corrected chi connectivity index (χ4v) is 4.58. The number of carbonyl (C=O) groups excluding carboxylic acids is 1. The van der Waals surface area contributed by atoms with Crippen molar-refractivity contribution >= 4 is 5.91 Å². The summed E-state index contributed by atoms with van der Waals surface area (Å²) in [5, 5.41) is 10.2. The van der Waals surface area contributed by atoms with E-state index < -0.39 is 0 Å². The molecule has 1 amide bonds. The van der Waals surface area contributed by atoms with Gasteiger partial charge in [-0.2, -0.15) is 0 Å². The average Bonchev–Trinajstić information content (AvgIpc) is 3.00. The lowest BCUT2D eigenvalue weighted by molar-refractivity contribution is -0.210. The number of aliphatic hydroxyl groups is 1. The number of aliphatic hydroxyl groups excluding tert-OH is 1. The maximum absolute atomic E-state index is 12.4. The molecule has 3 fully saturated rings. The molecule has 1 saturated heterocycles. The Morgan fingerprint density at radius 2 is 1.95 bits per heavy atom. The topological polar surface area (TPSA) is 49.8 Å². The van der Waals surface area contributed by atoms with Crippen LogP contribution in [0.5, 0.6) is 0 Å². The van der Waals surface area contributed by atoms with Crippen LogP contribution in [-0.2, 0) is 9.53 Å². The van der Waals surface area contributed by atoms with Gasteiger partial charge in [0.1, 0.15) is 0 Å². The molecule has 1 aliphatic heterocycles. The van der Waals surface area contributed by atoms with E-state index in [2.05, 4.69) is 0 Å². The highest BCUT2D eigenvalue weighted by Gasteiger charge is 2.56. The molecule has 3 rings (SSSR count). The standard InChI is InChI=1S/C17H29NO3/c1-2-21-15-12-14(19)17(15)7-9-18(10-8-17)16(20)11-13-5-3-4-6-13/h13-15,19H,2-12H2,1H3/t14-,15-/m1/s1. The first-order valence-corrected chi connectivity index (χ1v) is 8.73. The van der Waals surface area contributed by atoms with Crippen LogP contribution in [0.3, 0.4) is 0 Å². The first-order chi connectivity index (χ1) is 10.2. The second kappa shape index (κ2) is 6.25. The van der Waals surface area contributed by atoms with Gasteiger partial charge in [0.25, 0.3) is 0 Å². The summed E-state index contributed by atoms with van der Waals surface area (Å²) in [6.07, 6.45) is 8.32. The lowest BCUT2D eigenvalue weighted by Gasteiger charge is -2.56. The molecule has 0 aromatic heterocycles. The van der Waals surface area contributed by atoms with Crippen molar-refractivity contribution in [2.75, 3.05) is 19.7 Å². The fraction of sp³-hybridized carbons (Fsp3) is 0.941. The van der Waals surface area contributed by atoms with Gasteiger partial charge in [0, 0.05) is 38.0 Å². The predicted octanol–water partition coefficient (Wildman–Crippen LogP) is 2.35. The second-order valence-electron chi connectivity index (χ2n) is 7.16. The molecule has 1 spiro atoms. The van der Waals surface area contributed by atoms with E-state index in [1.54, 1.807) is 0 Å². The third-order valence-electron chi connectivity index (χ3n) is 6.10. The van der Waals surface area contributed by atoms with Gasteiger partial charge in [0.15, 0.2) is 0 Å². The van der Waals surface area contributed by atoms with Gasteiger partial charge in [-0.05, 0) is 38.5 Å². The molecule has 4 heteroatoms. The summed E-state index contributed by atoms with van der Waals surface area (Å²) in [5.74, 6) is 0.956. The molecule has 3 aliphatic rings. The van der Waals surface area contributed by atoms with E-state index in [1.165, 1.54) is 25.7 Å². The predicted molar refractivity (Wildman–Crippen MR) is 80.9 cm³/mol. The van der Waals surface area contributed by atoms with Gasteiger partial charge in [0.05, 0.1) is 12.2 Å². The SMILES string of the molecule is CCO[C@@H]1C[C@@H](O)C12CCN(C(=O)CC1CCCC1)CC2. The quantitative estimate of drug-likeness (QED) is 0.866. The van der Waals surface area contributed by atoms with E-state index in [0.717, 1.165) is 38.8 Å². The monoisotopic (exact) mass is 295 g/mol. The highest BCUT2D eigenvalue weighted by atomic mass is 16.5. The first kappa shape index (κ1) is 15.3. The van der Waals surface area contributed by atoms with Crippen LogP contribution in [0, 0.1) is 11.3 Å². The van der Waals surface area contributed by atoms with Gasteiger partial charge in [-0.1, -0.05) is 12.8 Å². The number of hydrogen-bond acceptors (Lipinski definition) is 3. The summed E-state index contributed by atoms with van der Waals surface area (Å²) in [7, 11) is 0. The van der Waals surface area contributed by atoms with Gasteiger partial charge in [-0.15, -0.1) is 0 Å². The van der Waals surface area contributed by atoms with E-state index >= 15 is 0 Å². The van der Waals surface area contributed by atoms with Gasteiger partial charge in [-0.3, -0.25) is 4.79 Å². The number of amides is 1. The van der Waals surface area contributed by atoms with Crippen molar-refractivity contribution in [3.63, 3.8) is 0 Å². The minimum atomic E-state index is -0.235. The molecular formula is C17H29NO3. The minimum absolute atomic E-state index is 0.0693. The average molecular weight is 295 g/mol. The fourth-order valence-electron chi connectivity index (χ4n) is 4.58. The Labute approximate surface area is 127 Å². The Balaban J connectivity index is 1.51. The second-order valence-corrected chi connectivity index (χ2v) is 7.16. The summed E-state index contributed by atoms with van der Waals surface area (Å²) >= 11 is 0. The smallest absolute Gasteiger partial charge is 0.222 e. The van der Waals surface area contributed by atoms with Gasteiger partial charge in [0.2, 0.25) is 5.91 Å². The van der Waals surface area contributed by atoms with E-state index in [9.17, 15) is 9.90 Å². The van der Waals surface area contributed by atoms with E-state index in [0.29, 0.717) is 18.4 Å². The normalized spacial score (nSPS) is 32.4. The van der Waals surface area contributed by atoms with E-state index in [1.807, 2.05) is 11.8 Å². The summed E-state index contributed by atoms with van der Waals surface area (Å²) < 4.78 is 5.78. The molecule has 4 nitrogen and oxygen atoms in total. The molecule has 2 aliphatic carbocycles. The maximum atomic E-state index is 12.4. The van der Waals surface area contributed by atoms with Crippen molar-refractivity contribution in [3.05, 3.63) is 0 Å². The summed E-state index contributed by atoms with van der Waals surface area (Å²) in [5.41, 5.74) is -0.0693. The van der Waals surface area contributed by atoms with Gasteiger partial charge >= 0.3 is 0 Å². The first-order valence-electron chi connectivity index (χ1n) is 8.73. The van der Waals surface area contributed by atoms with Gasteiger partial charge in [-0.25, -0.2) is 0 Å². The number of likely N-dealkylation sites (tertiary alicyclic amines) is 1. The highest BCUT2D eigenvalue weighted by Crippen LogP contribution is 2.51. The van der Waals surface area contributed by atoms with Crippen LogP contribution in [-0.4, -0.2) is 47.8 Å². The molecule has 0 radical (unpaired) electrons. The lowest BCUT2D eigenvalue weighted by atomic mass is 9.58. The number of ether oxygens (including phenoxy) is 1. The Bertz CT molecular complexity index is 368. The van der Waals surface area contributed by atoms with Gasteiger partial charge < -0.3 is 14.7 Å². The molecule has 21 heavy (non-hydrogen) atoms. The third kappa shape index (κ3) is 2.85. The van der Waals surface area contributed by atoms with Crippen molar-refractivity contribution in [2.45, 2.75) is 70.5 Å². The molecule has 2 atom stereocenters. The zero-order valence-electron chi connectivity index (χ0n) is 13.2. The van der Waals surface area contributed by atoms with Crippen LogP contribution >= 0.6 is 0 Å². The van der Waals surface area contributed by atoms with Crippen LogP contribution in [0.4, 0.5) is 0 Å². The molecule has 1 N–H and O–H groups in total. The summed E-state index contributed by atoms with van der Waals surface area (Å²) in [6, 6.07) is 0. The van der Waals surface area contributed by atoms with Crippen molar-refractivity contribution in [3.8, 4) is 0 Å². The van der Waals surface area contributed by atoms with Crippen LogP contribution in [0.2, 0.25) is 0 Å². The zero-order chi connectivity index (χ0) is 14.9. The number of nitrogens with zero attached hydrogens (tertiary/aromatic N) is 1.